The smallest absolute Gasteiger partial charge is 0.390 e. The van der Waals surface area contributed by atoms with Crippen molar-refractivity contribution in [2.75, 3.05) is 0 Å². The lowest BCUT2D eigenvalue weighted by Crippen LogP contribution is -2.57. The molecule has 4 rings (SSSR count). The molecule has 2 N–H and O–H groups in total. The van der Waals surface area contributed by atoms with Gasteiger partial charge in [0.25, 0.3) is 0 Å². The van der Waals surface area contributed by atoms with Crippen LogP contribution in [-0.2, 0) is 14.6 Å². The molecule has 6 heteroatoms. The predicted molar refractivity (Wildman–Crippen MR) is 131 cm³/mol. The Balaban J connectivity index is 1.49. The van der Waals surface area contributed by atoms with Crippen molar-refractivity contribution >= 4 is 10.4 Å². The van der Waals surface area contributed by atoms with Gasteiger partial charge in [0.05, 0.1) is 6.10 Å². The maximum atomic E-state index is 11.4. The summed E-state index contributed by atoms with van der Waals surface area (Å²) in [6.45, 7) is 12.1. The van der Waals surface area contributed by atoms with Gasteiger partial charge in [-0.2, -0.15) is 8.42 Å². The molecule has 33 heavy (non-hydrogen) atoms. The van der Waals surface area contributed by atoms with Crippen molar-refractivity contribution in [3.8, 4) is 0 Å². The minimum absolute atomic E-state index is 0.0280. The highest BCUT2D eigenvalue weighted by molar-refractivity contribution is 7.80. The van der Waals surface area contributed by atoms with Crippen molar-refractivity contribution in [3.05, 3.63) is 0 Å². The summed E-state index contributed by atoms with van der Waals surface area (Å²) in [5, 5.41) is 10.6. The van der Waals surface area contributed by atoms with Gasteiger partial charge >= 0.3 is 10.4 Å². The van der Waals surface area contributed by atoms with Gasteiger partial charge in [0.2, 0.25) is 0 Å². The Morgan fingerprint density at radius 1 is 0.970 bits per heavy atom. The molecule has 4 aliphatic carbocycles. The van der Waals surface area contributed by atoms with E-state index in [9.17, 15) is 18.1 Å². The summed E-state index contributed by atoms with van der Waals surface area (Å²) in [4.78, 5) is 0. The van der Waals surface area contributed by atoms with Gasteiger partial charge in [0, 0.05) is 0 Å². The van der Waals surface area contributed by atoms with Crippen LogP contribution in [0.15, 0.2) is 0 Å². The van der Waals surface area contributed by atoms with Gasteiger partial charge in [-0.1, -0.05) is 53.9 Å². The third-order valence-corrected chi connectivity index (χ3v) is 11.6. The molecule has 0 aliphatic heterocycles. The molecule has 0 bridgehead atoms. The number of aliphatic hydroxyl groups is 1. The highest BCUT2D eigenvalue weighted by atomic mass is 32.3. The molecule has 10 atom stereocenters. The standard InChI is InChI=1S/C27H48O5S/c1-17(2)7-6-8-18(3)21-11-12-22-20-10-9-19-15-24(28)25(32-33(29,30)31)16-27(19,5)23(20)13-14-26(21,22)4/h17-25,28H,6-16H2,1-5H3,(H,29,30,31)/t18-,19+,20?,21-,22?,23?,24+,25+,26-,27+/m1/s1. The van der Waals surface area contributed by atoms with Crippen molar-refractivity contribution in [1.82, 2.24) is 0 Å². The first-order valence-electron chi connectivity index (χ1n) is 13.7. The van der Waals surface area contributed by atoms with Crippen LogP contribution in [0.25, 0.3) is 0 Å². The van der Waals surface area contributed by atoms with E-state index >= 15 is 0 Å². The summed E-state index contributed by atoms with van der Waals surface area (Å²) in [5.41, 5.74) is 0.403. The third-order valence-electron chi connectivity index (χ3n) is 11.1. The van der Waals surface area contributed by atoms with Gasteiger partial charge in [-0.3, -0.25) is 4.55 Å². The first-order valence-corrected chi connectivity index (χ1v) is 15.1. The van der Waals surface area contributed by atoms with Gasteiger partial charge in [0.15, 0.2) is 0 Å². The highest BCUT2D eigenvalue weighted by Crippen LogP contribution is 2.68. The molecule has 0 aromatic rings. The number of hydrogen-bond donors (Lipinski definition) is 2. The maximum Gasteiger partial charge on any atom is 0.397 e. The lowest BCUT2D eigenvalue weighted by molar-refractivity contribution is -0.155. The average Bonchev–Trinajstić information content (AvgIpc) is 3.05. The second-order valence-electron chi connectivity index (χ2n) is 13.3. The van der Waals surface area contributed by atoms with E-state index in [2.05, 4.69) is 34.6 Å². The maximum absolute atomic E-state index is 11.4. The first kappa shape index (κ1) is 25.9. The van der Waals surface area contributed by atoms with Gasteiger partial charge < -0.3 is 5.11 Å². The van der Waals surface area contributed by atoms with Crippen molar-refractivity contribution in [2.24, 2.45) is 52.3 Å². The molecule has 4 aliphatic rings. The van der Waals surface area contributed by atoms with E-state index < -0.39 is 22.6 Å². The van der Waals surface area contributed by atoms with Gasteiger partial charge in [0.1, 0.15) is 6.10 Å². The quantitative estimate of drug-likeness (QED) is 0.416. The Bertz CT molecular complexity index is 796. The van der Waals surface area contributed by atoms with E-state index in [1.54, 1.807) is 0 Å². The average molecular weight is 485 g/mol. The van der Waals surface area contributed by atoms with E-state index in [1.807, 2.05) is 0 Å². The van der Waals surface area contributed by atoms with Crippen LogP contribution in [0.2, 0.25) is 0 Å². The molecule has 3 unspecified atom stereocenters. The summed E-state index contributed by atoms with van der Waals surface area (Å²) >= 11 is 0. The number of aliphatic hydroxyl groups excluding tert-OH is 1. The summed E-state index contributed by atoms with van der Waals surface area (Å²) in [7, 11) is -4.56. The summed E-state index contributed by atoms with van der Waals surface area (Å²) < 4.78 is 37.1. The van der Waals surface area contributed by atoms with Crippen LogP contribution in [0.3, 0.4) is 0 Å². The van der Waals surface area contributed by atoms with Crippen molar-refractivity contribution < 1.29 is 22.3 Å². The van der Waals surface area contributed by atoms with E-state index in [0.29, 0.717) is 36.0 Å². The fourth-order valence-electron chi connectivity index (χ4n) is 9.53. The highest BCUT2D eigenvalue weighted by Gasteiger charge is 2.61. The summed E-state index contributed by atoms with van der Waals surface area (Å²) in [6.07, 6.45) is 11.0. The monoisotopic (exact) mass is 484 g/mol. The number of fused-ring (bicyclic) bond motifs is 5. The molecule has 0 spiro atoms. The Hall–Kier alpha value is -0.170. The molecule has 0 radical (unpaired) electrons. The van der Waals surface area contributed by atoms with Crippen molar-refractivity contribution in [3.63, 3.8) is 0 Å². The van der Waals surface area contributed by atoms with E-state index in [0.717, 1.165) is 30.1 Å². The predicted octanol–water partition coefficient (Wildman–Crippen LogP) is 6.27. The summed E-state index contributed by atoms with van der Waals surface area (Å²) in [5.74, 6) is 4.83. The topological polar surface area (TPSA) is 83.8 Å². The zero-order valence-electron chi connectivity index (χ0n) is 21.5. The lowest BCUT2D eigenvalue weighted by atomic mass is 9.44. The van der Waals surface area contributed by atoms with Gasteiger partial charge in [-0.05, 0) is 104 Å². The SMILES string of the molecule is CC(C)CCC[C@@H](C)[C@H]1CCC2C3CC[C@H]4C[C@H](O)[C@@H](OS(=O)(=O)O)C[C@]4(C)C3CC[C@@]21C. The van der Waals surface area contributed by atoms with Crippen LogP contribution in [0.4, 0.5) is 0 Å². The van der Waals surface area contributed by atoms with Gasteiger partial charge in [-0.15, -0.1) is 0 Å². The largest absolute Gasteiger partial charge is 0.397 e. The molecule has 0 aromatic carbocycles. The molecule has 192 valence electrons. The molecule has 4 fully saturated rings. The molecular formula is C27H48O5S. The van der Waals surface area contributed by atoms with E-state index in [-0.39, 0.29) is 5.41 Å². The minimum atomic E-state index is -4.56. The molecule has 4 saturated carbocycles. The summed E-state index contributed by atoms with van der Waals surface area (Å²) in [6, 6.07) is 0. The molecule has 0 saturated heterocycles. The molecule has 0 aromatic heterocycles. The normalized spacial score (nSPS) is 46.5. The second kappa shape index (κ2) is 9.37. The first-order chi connectivity index (χ1) is 15.3. The fraction of sp³-hybridized carbons (Fsp3) is 1.00. The molecule has 0 heterocycles. The molecule has 5 nitrogen and oxygen atoms in total. The zero-order chi connectivity index (χ0) is 24.2. The Morgan fingerprint density at radius 3 is 2.33 bits per heavy atom. The van der Waals surface area contributed by atoms with Crippen LogP contribution in [0.5, 0.6) is 0 Å². The van der Waals surface area contributed by atoms with Crippen LogP contribution >= 0.6 is 0 Å². The van der Waals surface area contributed by atoms with Crippen molar-refractivity contribution in [1.29, 1.82) is 0 Å². The Labute approximate surface area is 202 Å². The molecular weight excluding hydrogens is 436 g/mol. The second-order valence-corrected chi connectivity index (χ2v) is 14.3. The van der Waals surface area contributed by atoms with Crippen molar-refractivity contribution in [2.45, 2.75) is 117 Å². The van der Waals surface area contributed by atoms with Crippen LogP contribution < -0.4 is 0 Å². The van der Waals surface area contributed by atoms with Gasteiger partial charge in [-0.25, -0.2) is 4.18 Å². The lowest BCUT2D eigenvalue weighted by Gasteiger charge is -2.61. The Kier molecular flexibility index (Phi) is 7.35. The van der Waals surface area contributed by atoms with E-state index in [1.165, 1.54) is 51.4 Å². The molecule has 0 amide bonds. The minimum Gasteiger partial charge on any atom is -0.390 e. The van der Waals surface area contributed by atoms with Crippen LogP contribution in [-0.4, -0.2) is 30.3 Å². The number of rotatable bonds is 7. The number of hydrogen-bond acceptors (Lipinski definition) is 4. The van der Waals surface area contributed by atoms with Crippen LogP contribution in [0.1, 0.15) is 105 Å². The zero-order valence-corrected chi connectivity index (χ0v) is 22.3. The fourth-order valence-corrected chi connectivity index (χ4v) is 10.0. The van der Waals surface area contributed by atoms with Crippen LogP contribution in [0, 0.1) is 52.3 Å². The Morgan fingerprint density at radius 2 is 1.67 bits per heavy atom. The third kappa shape index (κ3) is 4.93. The van der Waals surface area contributed by atoms with E-state index in [4.69, 9.17) is 4.18 Å².